The van der Waals surface area contributed by atoms with Crippen molar-refractivity contribution >= 4 is 28.7 Å². The van der Waals surface area contributed by atoms with Crippen LogP contribution in [0.3, 0.4) is 0 Å². The quantitative estimate of drug-likeness (QED) is 0.345. The summed E-state index contributed by atoms with van der Waals surface area (Å²) in [6.07, 6.45) is 5.84. The third-order valence-corrected chi connectivity index (χ3v) is 7.14. The third-order valence-electron chi connectivity index (χ3n) is 6.09. The molecule has 35 heavy (non-hydrogen) atoms. The van der Waals surface area contributed by atoms with E-state index in [1.807, 2.05) is 54.7 Å². The molecule has 0 radical (unpaired) electrons. The largest absolute Gasteiger partial charge is 0.497 e. The molecule has 2 aromatic carbocycles. The molecular weight excluding hydrogens is 460 g/mol. The molecule has 1 amide bonds. The van der Waals surface area contributed by atoms with Crippen LogP contribution in [0.4, 0.5) is 0 Å². The van der Waals surface area contributed by atoms with E-state index >= 15 is 0 Å². The second kappa shape index (κ2) is 10.9. The van der Waals surface area contributed by atoms with Crippen molar-refractivity contribution in [2.24, 2.45) is 0 Å². The van der Waals surface area contributed by atoms with Crippen LogP contribution in [0.25, 0.3) is 11.0 Å². The highest BCUT2D eigenvalue weighted by Gasteiger charge is 2.17. The predicted molar refractivity (Wildman–Crippen MR) is 137 cm³/mol. The zero-order chi connectivity index (χ0) is 24.0. The number of thioether (sulfide) groups is 1. The Balaban J connectivity index is 1.27. The van der Waals surface area contributed by atoms with Crippen molar-refractivity contribution in [2.45, 2.75) is 36.4 Å². The average Bonchev–Trinajstić information content (AvgIpc) is 3.55. The number of hydrogen-bond acceptors (Lipinski definition) is 6. The van der Waals surface area contributed by atoms with E-state index in [9.17, 15) is 4.79 Å². The smallest absolute Gasteiger partial charge is 0.251 e. The van der Waals surface area contributed by atoms with E-state index in [0.717, 1.165) is 58.3 Å². The van der Waals surface area contributed by atoms with Crippen LogP contribution in [0.15, 0.2) is 72.1 Å². The Kier molecular flexibility index (Phi) is 7.30. The number of ether oxygens (including phenoxy) is 2. The fourth-order valence-electron chi connectivity index (χ4n) is 4.18. The summed E-state index contributed by atoms with van der Waals surface area (Å²) in [5.41, 5.74) is 4.84. The first-order chi connectivity index (χ1) is 17.2. The van der Waals surface area contributed by atoms with Gasteiger partial charge in [-0.3, -0.25) is 9.78 Å². The molecule has 3 heterocycles. The maximum atomic E-state index is 12.5. The molecule has 180 valence electrons. The lowest BCUT2D eigenvalue weighted by Gasteiger charge is -2.11. The van der Waals surface area contributed by atoms with Crippen molar-refractivity contribution in [3.05, 3.63) is 83.7 Å². The summed E-state index contributed by atoms with van der Waals surface area (Å²) in [6, 6.07) is 17.8. The number of amides is 1. The Bertz CT molecular complexity index is 1300. The summed E-state index contributed by atoms with van der Waals surface area (Å²) in [6.45, 7) is 2.02. The van der Waals surface area contributed by atoms with Crippen molar-refractivity contribution in [1.82, 2.24) is 19.9 Å². The van der Waals surface area contributed by atoms with Gasteiger partial charge in [0.1, 0.15) is 5.75 Å². The van der Waals surface area contributed by atoms with Gasteiger partial charge in [0, 0.05) is 30.7 Å². The van der Waals surface area contributed by atoms with Crippen molar-refractivity contribution < 1.29 is 14.3 Å². The number of benzene rings is 2. The van der Waals surface area contributed by atoms with Gasteiger partial charge in [-0.15, -0.1) is 0 Å². The first-order valence-electron chi connectivity index (χ1n) is 11.7. The molecule has 1 N–H and O–H groups in total. The van der Waals surface area contributed by atoms with Crippen LogP contribution >= 0.6 is 11.8 Å². The van der Waals surface area contributed by atoms with E-state index in [0.29, 0.717) is 18.7 Å². The van der Waals surface area contributed by atoms with Crippen LogP contribution in [0.1, 0.15) is 34.3 Å². The first kappa shape index (κ1) is 23.4. The molecule has 0 saturated carbocycles. The van der Waals surface area contributed by atoms with Gasteiger partial charge in [-0.05, 0) is 54.3 Å². The summed E-state index contributed by atoms with van der Waals surface area (Å²) in [4.78, 5) is 21.6. The molecule has 1 fully saturated rings. The van der Waals surface area contributed by atoms with Gasteiger partial charge >= 0.3 is 0 Å². The topological polar surface area (TPSA) is 78.3 Å². The maximum Gasteiger partial charge on any atom is 0.251 e. The number of hydrogen-bond donors (Lipinski definition) is 1. The van der Waals surface area contributed by atoms with Crippen LogP contribution in [-0.4, -0.2) is 46.8 Å². The van der Waals surface area contributed by atoms with Crippen molar-refractivity contribution in [3.8, 4) is 5.75 Å². The Morgan fingerprint density at radius 3 is 2.89 bits per heavy atom. The summed E-state index contributed by atoms with van der Waals surface area (Å²) < 4.78 is 13.2. The van der Waals surface area contributed by atoms with E-state index in [-0.39, 0.29) is 12.0 Å². The maximum absolute atomic E-state index is 12.5. The van der Waals surface area contributed by atoms with E-state index in [1.54, 1.807) is 25.1 Å². The number of nitrogens with zero attached hydrogens (tertiary/aromatic N) is 3. The number of nitrogens with one attached hydrogen (secondary N) is 1. The van der Waals surface area contributed by atoms with Gasteiger partial charge in [-0.1, -0.05) is 36.0 Å². The van der Waals surface area contributed by atoms with Gasteiger partial charge < -0.3 is 19.4 Å². The number of carbonyl (C=O) groups is 1. The zero-order valence-electron chi connectivity index (χ0n) is 19.6. The van der Waals surface area contributed by atoms with Crippen LogP contribution in [0.5, 0.6) is 5.75 Å². The Labute approximate surface area is 208 Å². The molecule has 7 nitrogen and oxygen atoms in total. The minimum absolute atomic E-state index is 0.0627. The third kappa shape index (κ3) is 5.66. The summed E-state index contributed by atoms with van der Waals surface area (Å²) in [7, 11) is 1.68. The second-order valence-electron chi connectivity index (χ2n) is 8.53. The lowest BCUT2D eigenvalue weighted by Crippen LogP contribution is -2.31. The number of imidazole rings is 1. The van der Waals surface area contributed by atoms with Gasteiger partial charge in [0.05, 0.1) is 37.0 Å². The van der Waals surface area contributed by atoms with Crippen molar-refractivity contribution in [2.75, 3.05) is 20.3 Å². The van der Waals surface area contributed by atoms with E-state index in [1.165, 1.54) is 0 Å². The highest BCUT2D eigenvalue weighted by Crippen LogP contribution is 2.28. The van der Waals surface area contributed by atoms with Crippen LogP contribution < -0.4 is 10.1 Å². The summed E-state index contributed by atoms with van der Waals surface area (Å²) in [5.74, 6) is 1.51. The molecule has 4 aromatic rings. The molecule has 0 bridgehead atoms. The van der Waals surface area contributed by atoms with Gasteiger partial charge in [0.2, 0.25) is 0 Å². The zero-order valence-corrected chi connectivity index (χ0v) is 20.5. The number of rotatable bonds is 9. The van der Waals surface area contributed by atoms with Crippen LogP contribution in [-0.2, 0) is 17.0 Å². The molecule has 2 aromatic heterocycles. The molecule has 8 heteroatoms. The molecule has 0 aliphatic carbocycles. The first-order valence-corrected chi connectivity index (χ1v) is 12.7. The molecule has 1 saturated heterocycles. The molecule has 1 atom stereocenters. The molecule has 0 spiro atoms. The Morgan fingerprint density at radius 2 is 2.09 bits per heavy atom. The number of methoxy groups -OCH3 is 1. The number of fused-ring (bicyclic) bond motifs is 1. The van der Waals surface area contributed by atoms with E-state index < -0.39 is 0 Å². The normalized spacial score (nSPS) is 15.4. The predicted octanol–water partition coefficient (Wildman–Crippen LogP) is 4.69. The van der Waals surface area contributed by atoms with Crippen LogP contribution in [0.2, 0.25) is 0 Å². The van der Waals surface area contributed by atoms with E-state index in [4.69, 9.17) is 14.5 Å². The lowest BCUT2D eigenvalue weighted by atomic mass is 10.1. The molecule has 1 unspecified atom stereocenters. The Hall–Kier alpha value is -3.36. The van der Waals surface area contributed by atoms with Gasteiger partial charge in [0.15, 0.2) is 5.16 Å². The minimum Gasteiger partial charge on any atom is -0.497 e. The monoisotopic (exact) mass is 488 g/mol. The van der Waals surface area contributed by atoms with Gasteiger partial charge in [-0.2, -0.15) is 0 Å². The molecule has 1 aliphatic heterocycles. The number of pyridine rings is 1. The average molecular weight is 489 g/mol. The number of aromatic nitrogens is 3. The van der Waals surface area contributed by atoms with Gasteiger partial charge in [-0.25, -0.2) is 4.98 Å². The second-order valence-corrected chi connectivity index (χ2v) is 9.47. The van der Waals surface area contributed by atoms with Crippen LogP contribution in [0, 0.1) is 0 Å². The Morgan fingerprint density at radius 1 is 1.20 bits per heavy atom. The molecule has 1 aliphatic rings. The SMILES string of the molecule is COc1cccc(Cn2c(SCc3ccc(C(=O)NCC4CCCO4)cc3)nc3ccncc32)c1. The van der Waals surface area contributed by atoms with Gasteiger partial charge in [0.25, 0.3) is 5.91 Å². The fourth-order valence-corrected chi connectivity index (χ4v) is 5.15. The minimum atomic E-state index is -0.0627. The molecule has 5 rings (SSSR count). The standard InChI is InChI=1S/C27H28N4O3S/c1-33-22-5-2-4-20(14-22)17-31-25-16-28-12-11-24(25)30-27(31)35-18-19-7-9-21(10-8-19)26(32)29-15-23-6-3-13-34-23/h2,4-5,7-12,14,16,23H,3,6,13,15,17-18H2,1H3,(H,29,32). The van der Waals surface area contributed by atoms with Crippen molar-refractivity contribution in [1.29, 1.82) is 0 Å². The van der Waals surface area contributed by atoms with Crippen molar-refractivity contribution in [3.63, 3.8) is 0 Å². The summed E-state index contributed by atoms with van der Waals surface area (Å²) in [5, 5.41) is 3.90. The van der Waals surface area contributed by atoms with E-state index in [2.05, 4.69) is 20.9 Å². The lowest BCUT2D eigenvalue weighted by molar-refractivity contribution is 0.0858. The fraction of sp³-hybridized carbons (Fsp3) is 0.296. The molecular formula is C27H28N4O3S. The summed E-state index contributed by atoms with van der Waals surface area (Å²) >= 11 is 1.67. The highest BCUT2D eigenvalue weighted by atomic mass is 32.2. The highest BCUT2D eigenvalue weighted by molar-refractivity contribution is 7.98. The number of carbonyl (C=O) groups excluding carboxylic acids is 1.